The zero-order valence-corrected chi connectivity index (χ0v) is 12.3. The van der Waals surface area contributed by atoms with Crippen LogP contribution in [-0.2, 0) is 4.74 Å². The highest BCUT2D eigenvalue weighted by atomic mass is 19.1. The lowest BCUT2D eigenvalue weighted by atomic mass is 9.74. The highest BCUT2D eigenvalue weighted by Gasteiger charge is 2.36. The van der Waals surface area contributed by atoms with Gasteiger partial charge in [-0.1, -0.05) is 6.58 Å². The molecule has 21 heavy (non-hydrogen) atoms. The largest absolute Gasteiger partial charge is 0.385 e. The first-order valence-electron chi connectivity index (χ1n) is 7.32. The van der Waals surface area contributed by atoms with E-state index in [4.69, 9.17) is 4.74 Å². The molecule has 4 heteroatoms. The Bertz CT molecular complexity index is 656. The zero-order chi connectivity index (χ0) is 14.9. The predicted octanol–water partition coefficient (Wildman–Crippen LogP) is 3.34. The third kappa shape index (κ3) is 2.49. The van der Waals surface area contributed by atoms with E-state index >= 15 is 0 Å². The molecule has 1 aromatic heterocycles. The van der Waals surface area contributed by atoms with E-state index < -0.39 is 0 Å². The number of ether oxygens (including phenoxy) is 1. The highest BCUT2D eigenvalue weighted by molar-refractivity contribution is 5.85. The summed E-state index contributed by atoms with van der Waals surface area (Å²) in [6.45, 7) is 6.83. The number of H-pyrrole nitrogens is 1. The minimum Gasteiger partial charge on any atom is -0.385 e. The van der Waals surface area contributed by atoms with Crippen molar-refractivity contribution in [1.29, 1.82) is 0 Å². The van der Waals surface area contributed by atoms with Crippen LogP contribution in [0.4, 0.5) is 4.39 Å². The van der Waals surface area contributed by atoms with Gasteiger partial charge in [-0.15, -0.1) is 0 Å². The van der Waals surface area contributed by atoms with Gasteiger partial charge in [0, 0.05) is 37.3 Å². The van der Waals surface area contributed by atoms with Crippen molar-refractivity contribution in [3.05, 3.63) is 42.4 Å². The fourth-order valence-electron chi connectivity index (χ4n) is 3.27. The van der Waals surface area contributed by atoms with Crippen LogP contribution < -0.4 is 5.32 Å². The maximum atomic E-state index is 14.2. The Labute approximate surface area is 124 Å². The van der Waals surface area contributed by atoms with Crippen LogP contribution in [0.15, 0.2) is 31.0 Å². The number of nitrogens with one attached hydrogen (secondary N) is 2. The normalized spacial score (nSPS) is 22.0. The van der Waals surface area contributed by atoms with E-state index in [2.05, 4.69) is 16.9 Å². The van der Waals surface area contributed by atoms with Gasteiger partial charge in [-0.2, -0.15) is 0 Å². The summed E-state index contributed by atoms with van der Waals surface area (Å²) in [7, 11) is 1.71. The van der Waals surface area contributed by atoms with Crippen molar-refractivity contribution in [1.82, 2.24) is 10.3 Å². The van der Waals surface area contributed by atoms with E-state index in [1.54, 1.807) is 19.4 Å². The fourth-order valence-corrected chi connectivity index (χ4v) is 3.27. The molecule has 0 radical (unpaired) electrons. The Morgan fingerprint density at radius 1 is 1.48 bits per heavy atom. The van der Waals surface area contributed by atoms with Gasteiger partial charge < -0.3 is 15.0 Å². The van der Waals surface area contributed by atoms with Gasteiger partial charge >= 0.3 is 0 Å². The van der Waals surface area contributed by atoms with Crippen LogP contribution in [0.25, 0.3) is 16.5 Å². The molecular formula is C17H21FN2O. The second kappa shape index (κ2) is 5.62. The van der Waals surface area contributed by atoms with E-state index in [1.165, 1.54) is 0 Å². The van der Waals surface area contributed by atoms with Crippen molar-refractivity contribution in [2.24, 2.45) is 5.41 Å². The van der Waals surface area contributed by atoms with Gasteiger partial charge in [-0.25, -0.2) is 4.39 Å². The summed E-state index contributed by atoms with van der Waals surface area (Å²) in [5.41, 5.74) is 2.42. The minimum atomic E-state index is -0.221. The van der Waals surface area contributed by atoms with Gasteiger partial charge in [0.25, 0.3) is 0 Å². The predicted molar refractivity (Wildman–Crippen MR) is 83.7 cm³/mol. The van der Waals surface area contributed by atoms with Crippen LogP contribution in [0.5, 0.6) is 0 Å². The number of methoxy groups -OCH3 is 1. The Morgan fingerprint density at radius 3 is 3.05 bits per heavy atom. The monoisotopic (exact) mass is 288 g/mol. The molecule has 1 aliphatic heterocycles. The number of aromatic nitrogens is 1. The molecule has 2 N–H and O–H groups in total. The van der Waals surface area contributed by atoms with Crippen LogP contribution in [0, 0.1) is 11.2 Å². The molecule has 2 aromatic rings. The summed E-state index contributed by atoms with van der Waals surface area (Å²) in [5.74, 6) is -0.221. The molecule has 3 nitrogen and oxygen atoms in total. The molecule has 1 saturated heterocycles. The number of fused-ring (bicyclic) bond motifs is 1. The van der Waals surface area contributed by atoms with Crippen molar-refractivity contribution in [3.63, 3.8) is 0 Å². The Hall–Kier alpha value is -1.65. The Kier molecular flexibility index (Phi) is 3.83. The number of hydrogen-bond donors (Lipinski definition) is 2. The number of rotatable bonds is 5. The van der Waals surface area contributed by atoms with Crippen molar-refractivity contribution in [3.8, 4) is 0 Å². The third-order valence-corrected chi connectivity index (χ3v) is 4.63. The molecule has 0 bridgehead atoms. The van der Waals surface area contributed by atoms with Gasteiger partial charge in [0.05, 0.1) is 5.52 Å². The summed E-state index contributed by atoms with van der Waals surface area (Å²) in [6, 6.07) is 5.50. The first kappa shape index (κ1) is 14.3. The molecule has 0 aliphatic carbocycles. The quantitative estimate of drug-likeness (QED) is 0.885. The van der Waals surface area contributed by atoms with Crippen LogP contribution in [0.2, 0.25) is 0 Å². The van der Waals surface area contributed by atoms with Crippen LogP contribution in [0.1, 0.15) is 18.4 Å². The van der Waals surface area contributed by atoms with E-state index in [-0.39, 0.29) is 11.2 Å². The second-order valence-corrected chi connectivity index (χ2v) is 5.83. The topological polar surface area (TPSA) is 37.0 Å². The standard InChI is InChI=1S/C17H21FN2O/c1-12(17(5-8-21-2)4-7-19-11-17)14-9-13-3-6-20-16(13)15(18)10-14/h3,6,9-10,19-20H,1,4-5,7-8,11H2,2H3. The van der Waals surface area contributed by atoms with Gasteiger partial charge in [0.2, 0.25) is 0 Å². The SMILES string of the molecule is C=C(c1cc(F)c2[nH]ccc2c1)C1(CCOC)CCNC1. The van der Waals surface area contributed by atoms with Crippen molar-refractivity contribution in [2.45, 2.75) is 12.8 Å². The van der Waals surface area contributed by atoms with E-state index in [0.29, 0.717) is 12.1 Å². The van der Waals surface area contributed by atoms with Gasteiger partial charge in [0.15, 0.2) is 0 Å². The summed E-state index contributed by atoms with van der Waals surface area (Å²) >= 11 is 0. The lowest BCUT2D eigenvalue weighted by Crippen LogP contribution is -2.27. The number of hydrogen-bond acceptors (Lipinski definition) is 2. The molecule has 1 unspecified atom stereocenters. The molecular weight excluding hydrogens is 267 g/mol. The molecule has 0 spiro atoms. The number of aromatic amines is 1. The van der Waals surface area contributed by atoms with E-state index in [1.807, 2.05) is 12.1 Å². The van der Waals surface area contributed by atoms with Crippen LogP contribution in [-0.4, -0.2) is 31.8 Å². The van der Waals surface area contributed by atoms with Crippen LogP contribution >= 0.6 is 0 Å². The molecule has 112 valence electrons. The Balaban J connectivity index is 1.97. The average Bonchev–Trinajstić information content (AvgIpc) is 3.14. The van der Waals surface area contributed by atoms with Crippen molar-refractivity contribution in [2.75, 3.05) is 26.8 Å². The first-order valence-corrected chi connectivity index (χ1v) is 7.32. The van der Waals surface area contributed by atoms with Crippen LogP contribution in [0.3, 0.4) is 0 Å². The molecule has 1 aromatic carbocycles. The molecule has 0 amide bonds. The third-order valence-electron chi connectivity index (χ3n) is 4.63. The average molecular weight is 288 g/mol. The van der Waals surface area contributed by atoms with E-state index in [9.17, 15) is 4.39 Å². The maximum absolute atomic E-state index is 14.2. The molecule has 3 rings (SSSR count). The molecule has 0 saturated carbocycles. The highest BCUT2D eigenvalue weighted by Crippen LogP contribution is 2.43. The van der Waals surface area contributed by atoms with Gasteiger partial charge in [-0.3, -0.25) is 0 Å². The maximum Gasteiger partial charge on any atom is 0.147 e. The second-order valence-electron chi connectivity index (χ2n) is 5.83. The molecule has 1 fully saturated rings. The Morgan fingerprint density at radius 2 is 2.33 bits per heavy atom. The van der Waals surface area contributed by atoms with Gasteiger partial charge in [0.1, 0.15) is 5.82 Å². The van der Waals surface area contributed by atoms with Crippen molar-refractivity contribution >= 4 is 16.5 Å². The fraction of sp³-hybridized carbons (Fsp3) is 0.412. The lowest BCUT2D eigenvalue weighted by molar-refractivity contribution is 0.166. The number of halogens is 1. The molecule has 1 aliphatic rings. The smallest absolute Gasteiger partial charge is 0.147 e. The minimum absolute atomic E-state index is 0.0353. The summed E-state index contributed by atoms with van der Waals surface area (Å²) in [5, 5.41) is 4.29. The first-order chi connectivity index (χ1) is 10.2. The summed E-state index contributed by atoms with van der Waals surface area (Å²) in [4.78, 5) is 2.93. The summed E-state index contributed by atoms with van der Waals surface area (Å²) < 4.78 is 19.4. The molecule has 1 atom stereocenters. The molecule has 2 heterocycles. The zero-order valence-electron chi connectivity index (χ0n) is 12.3. The number of benzene rings is 1. The lowest BCUT2D eigenvalue weighted by Gasteiger charge is -2.31. The van der Waals surface area contributed by atoms with E-state index in [0.717, 1.165) is 42.5 Å². The van der Waals surface area contributed by atoms with Crippen molar-refractivity contribution < 1.29 is 9.13 Å². The van der Waals surface area contributed by atoms with Gasteiger partial charge in [-0.05, 0) is 48.7 Å². The summed E-state index contributed by atoms with van der Waals surface area (Å²) in [6.07, 6.45) is 3.68.